The molecule has 2 atom stereocenters. The topological polar surface area (TPSA) is 3.24 Å². The molecule has 0 radical (unpaired) electrons. The SMILES string of the molecule is CC(c1ccc(Br)cc1)N1CCCC1c1ccccc1C1CC1. The van der Waals surface area contributed by atoms with Crippen LogP contribution in [0.1, 0.15) is 67.3 Å². The first-order chi connectivity index (χ1) is 11.2. The number of halogens is 1. The lowest BCUT2D eigenvalue weighted by molar-refractivity contribution is 0.193. The van der Waals surface area contributed by atoms with Crippen LogP contribution in [0.4, 0.5) is 0 Å². The third kappa shape index (κ3) is 3.12. The Bertz CT molecular complexity index is 674. The Labute approximate surface area is 147 Å². The summed E-state index contributed by atoms with van der Waals surface area (Å²) in [5.74, 6) is 0.830. The highest BCUT2D eigenvalue weighted by Crippen LogP contribution is 2.47. The van der Waals surface area contributed by atoms with Crippen LogP contribution in [0.25, 0.3) is 0 Å². The molecule has 2 unspecified atom stereocenters. The van der Waals surface area contributed by atoms with Gasteiger partial charge in [-0.2, -0.15) is 0 Å². The van der Waals surface area contributed by atoms with E-state index in [4.69, 9.17) is 0 Å². The quantitative estimate of drug-likeness (QED) is 0.617. The first kappa shape index (κ1) is 15.4. The lowest BCUT2D eigenvalue weighted by Crippen LogP contribution is -2.27. The average molecular weight is 370 g/mol. The van der Waals surface area contributed by atoms with Crippen molar-refractivity contribution < 1.29 is 0 Å². The molecule has 1 saturated heterocycles. The molecule has 2 aromatic rings. The van der Waals surface area contributed by atoms with E-state index in [-0.39, 0.29) is 0 Å². The van der Waals surface area contributed by atoms with Gasteiger partial charge >= 0.3 is 0 Å². The highest BCUT2D eigenvalue weighted by molar-refractivity contribution is 9.10. The lowest BCUT2D eigenvalue weighted by Gasteiger charge is -2.32. The van der Waals surface area contributed by atoms with Crippen molar-refractivity contribution in [2.24, 2.45) is 0 Å². The van der Waals surface area contributed by atoms with Crippen molar-refractivity contribution in [2.45, 2.75) is 50.6 Å². The van der Waals surface area contributed by atoms with Crippen molar-refractivity contribution in [3.05, 3.63) is 69.7 Å². The summed E-state index contributed by atoms with van der Waals surface area (Å²) >= 11 is 3.55. The van der Waals surface area contributed by atoms with E-state index >= 15 is 0 Å². The number of hydrogen-bond acceptors (Lipinski definition) is 1. The first-order valence-electron chi connectivity index (χ1n) is 8.84. The molecule has 0 amide bonds. The molecule has 2 aliphatic rings. The highest BCUT2D eigenvalue weighted by atomic mass is 79.9. The molecule has 1 aliphatic carbocycles. The summed E-state index contributed by atoms with van der Waals surface area (Å²) in [6.45, 7) is 3.57. The van der Waals surface area contributed by atoms with Crippen LogP contribution in [0, 0.1) is 0 Å². The molecular formula is C21H24BrN. The second kappa shape index (κ2) is 6.41. The van der Waals surface area contributed by atoms with Gasteiger partial charge in [0.25, 0.3) is 0 Å². The number of rotatable bonds is 4. The van der Waals surface area contributed by atoms with Crippen LogP contribution in [0.15, 0.2) is 53.0 Å². The van der Waals surface area contributed by atoms with Gasteiger partial charge in [0.1, 0.15) is 0 Å². The van der Waals surface area contributed by atoms with E-state index in [9.17, 15) is 0 Å². The Hall–Kier alpha value is -1.12. The van der Waals surface area contributed by atoms with Crippen LogP contribution in [0.3, 0.4) is 0 Å². The Morgan fingerprint density at radius 3 is 2.35 bits per heavy atom. The first-order valence-corrected chi connectivity index (χ1v) is 9.63. The van der Waals surface area contributed by atoms with E-state index in [1.54, 1.807) is 11.1 Å². The lowest BCUT2D eigenvalue weighted by atomic mass is 9.94. The fraction of sp³-hybridized carbons (Fsp3) is 0.429. The van der Waals surface area contributed by atoms with Gasteiger partial charge in [0.05, 0.1) is 0 Å². The molecule has 4 rings (SSSR count). The van der Waals surface area contributed by atoms with E-state index in [0.717, 1.165) is 10.4 Å². The van der Waals surface area contributed by atoms with Gasteiger partial charge in [0.2, 0.25) is 0 Å². The number of nitrogens with zero attached hydrogens (tertiary/aromatic N) is 1. The maximum Gasteiger partial charge on any atom is 0.0357 e. The average Bonchev–Trinajstić information content (AvgIpc) is 3.31. The second-order valence-electron chi connectivity index (χ2n) is 7.03. The van der Waals surface area contributed by atoms with Crippen molar-refractivity contribution >= 4 is 15.9 Å². The Morgan fingerprint density at radius 2 is 1.65 bits per heavy atom. The summed E-state index contributed by atoms with van der Waals surface area (Å²) in [5, 5.41) is 0. The zero-order valence-corrected chi connectivity index (χ0v) is 15.3. The van der Waals surface area contributed by atoms with Crippen LogP contribution >= 0.6 is 15.9 Å². The number of benzene rings is 2. The number of hydrogen-bond donors (Lipinski definition) is 0. The molecule has 2 fully saturated rings. The largest absolute Gasteiger partial charge is 0.290 e. The van der Waals surface area contributed by atoms with Gasteiger partial charge in [-0.3, -0.25) is 4.90 Å². The molecule has 1 saturated carbocycles. The minimum Gasteiger partial charge on any atom is -0.290 e. The molecular weight excluding hydrogens is 346 g/mol. The van der Waals surface area contributed by atoms with E-state index in [0.29, 0.717) is 12.1 Å². The Kier molecular flexibility index (Phi) is 4.29. The Balaban J connectivity index is 1.63. The maximum atomic E-state index is 3.55. The van der Waals surface area contributed by atoms with Crippen LogP contribution in [0.5, 0.6) is 0 Å². The van der Waals surface area contributed by atoms with E-state index in [2.05, 4.69) is 76.3 Å². The zero-order chi connectivity index (χ0) is 15.8. The summed E-state index contributed by atoms with van der Waals surface area (Å²) in [7, 11) is 0. The molecule has 0 aromatic heterocycles. The van der Waals surface area contributed by atoms with Crippen LogP contribution in [-0.4, -0.2) is 11.4 Å². The fourth-order valence-corrected chi connectivity index (χ4v) is 4.36. The molecule has 0 N–H and O–H groups in total. The maximum absolute atomic E-state index is 3.55. The van der Waals surface area contributed by atoms with Crippen LogP contribution < -0.4 is 0 Å². The molecule has 2 heteroatoms. The highest BCUT2D eigenvalue weighted by Gasteiger charge is 2.34. The summed E-state index contributed by atoms with van der Waals surface area (Å²) < 4.78 is 1.16. The summed E-state index contributed by atoms with van der Waals surface area (Å²) in [4.78, 5) is 2.71. The molecule has 0 spiro atoms. The van der Waals surface area contributed by atoms with Crippen molar-refractivity contribution in [1.29, 1.82) is 0 Å². The second-order valence-corrected chi connectivity index (χ2v) is 7.94. The summed E-state index contributed by atoms with van der Waals surface area (Å²) in [5.41, 5.74) is 4.63. The van der Waals surface area contributed by atoms with E-state index in [1.165, 1.54) is 37.8 Å². The molecule has 1 aliphatic heterocycles. The van der Waals surface area contributed by atoms with Crippen molar-refractivity contribution in [1.82, 2.24) is 4.90 Å². The molecule has 2 aromatic carbocycles. The Morgan fingerprint density at radius 1 is 0.957 bits per heavy atom. The normalized spacial score (nSPS) is 23.1. The molecule has 0 bridgehead atoms. The van der Waals surface area contributed by atoms with Crippen molar-refractivity contribution in [3.8, 4) is 0 Å². The van der Waals surface area contributed by atoms with Gasteiger partial charge in [-0.25, -0.2) is 0 Å². The molecule has 23 heavy (non-hydrogen) atoms. The third-order valence-corrected chi connectivity index (χ3v) is 6.04. The summed E-state index contributed by atoms with van der Waals surface area (Å²) in [6, 6.07) is 19.1. The van der Waals surface area contributed by atoms with Gasteiger partial charge in [0, 0.05) is 16.6 Å². The van der Waals surface area contributed by atoms with Gasteiger partial charge in [0.15, 0.2) is 0 Å². The van der Waals surface area contributed by atoms with Crippen LogP contribution in [-0.2, 0) is 0 Å². The molecule has 1 nitrogen and oxygen atoms in total. The third-order valence-electron chi connectivity index (χ3n) is 5.52. The molecule has 120 valence electrons. The number of likely N-dealkylation sites (tertiary alicyclic amines) is 1. The predicted molar refractivity (Wildman–Crippen MR) is 99.7 cm³/mol. The van der Waals surface area contributed by atoms with Crippen molar-refractivity contribution in [3.63, 3.8) is 0 Å². The van der Waals surface area contributed by atoms with Crippen molar-refractivity contribution in [2.75, 3.05) is 6.54 Å². The summed E-state index contributed by atoms with van der Waals surface area (Å²) in [6.07, 6.45) is 5.37. The van der Waals surface area contributed by atoms with Gasteiger partial charge in [-0.05, 0) is 73.9 Å². The van der Waals surface area contributed by atoms with Gasteiger partial charge in [-0.15, -0.1) is 0 Å². The predicted octanol–water partition coefficient (Wildman–Crippen LogP) is 6.22. The minimum atomic E-state index is 0.475. The minimum absolute atomic E-state index is 0.475. The van der Waals surface area contributed by atoms with Crippen LogP contribution in [0.2, 0.25) is 0 Å². The smallest absolute Gasteiger partial charge is 0.0357 e. The molecule has 1 heterocycles. The standard InChI is InChI=1S/C21H24BrN/c1-15(16-10-12-18(22)13-11-16)23-14-4-7-21(23)20-6-3-2-5-19(20)17-8-9-17/h2-3,5-6,10-13,15,17,21H,4,7-9,14H2,1H3. The van der Waals surface area contributed by atoms with E-state index < -0.39 is 0 Å². The van der Waals surface area contributed by atoms with Gasteiger partial charge in [-0.1, -0.05) is 52.3 Å². The fourth-order valence-electron chi connectivity index (χ4n) is 4.10. The van der Waals surface area contributed by atoms with E-state index in [1.807, 2.05) is 0 Å². The van der Waals surface area contributed by atoms with Gasteiger partial charge < -0.3 is 0 Å². The zero-order valence-electron chi connectivity index (χ0n) is 13.7. The monoisotopic (exact) mass is 369 g/mol.